The Balaban J connectivity index is 2.18. The first kappa shape index (κ1) is 15.2. The second-order valence-corrected chi connectivity index (χ2v) is 5.62. The topological polar surface area (TPSA) is 57.4 Å². The number of fused-ring (bicyclic) bond motifs is 1. The number of pyridine rings is 1. The van der Waals surface area contributed by atoms with Crippen LogP contribution in [-0.4, -0.2) is 19.2 Å². The normalized spacial score (nSPS) is 10.8. The Labute approximate surface area is 135 Å². The summed E-state index contributed by atoms with van der Waals surface area (Å²) in [5.74, 6) is 1.25. The van der Waals surface area contributed by atoms with Gasteiger partial charge in [0.2, 0.25) is 0 Å². The monoisotopic (exact) mass is 308 g/mol. The van der Waals surface area contributed by atoms with Crippen molar-refractivity contribution in [2.24, 2.45) is 0 Å². The average molecular weight is 308 g/mol. The molecule has 118 valence electrons. The van der Waals surface area contributed by atoms with Crippen LogP contribution in [0.25, 0.3) is 22.2 Å². The molecule has 4 heteroatoms. The molecule has 2 N–H and O–H groups in total. The Morgan fingerprint density at radius 3 is 2.22 bits per heavy atom. The van der Waals surface area contributed by atoms with Crippen LogP contribution >= 0.6 is 0 Å². The van der Waals surface area contributed by atoms with Gasteiger partial charge in [-0.2, -0.15) is 0 Å². The number of benzene rings is 2. The first-order chi connectivity index (χ1) is 11.0. The number of hydrogen-bond donors (Lipinski definition) is 1. The molecule has 0 saturated heterocycles. The van der Waals surface area contributed by atoms with Crippen LogP contribution in [0, 0.1) is 13.8 Å². The van der Waals surface area contributed by atoms with Crippen molar-refractivity contribution in [1.82, 2.24) is 4.98 Å². The largest absolute Gasteiger partial charge is 0.493 e. The number of nitrogens with two attached hydrogens (primary N) is 1. The van der Waals surface area contributed by atoms with Crippen molar-refractivity contribution in [3.63, 3.8) is 0 Å². The molecule has 1 heterocycles. The van der Waals surface area contributed by atoms with Gasteiger partial charge in [0, 0.05) is 22.7 Å². The summed E-state index contributed by atoms with van der Waals surface area (Å²) in [6.07, 6.45) is 0. The Hall–Kier alpha value is -2.75. The fourth-order valence-corrected chi connectivity index (χ4v) is 2.66. The summed E-state index contributed by atoms with van der Waals surface area (Å²) in [4.78, 5) is 4.76. The Morgan fingerprint density at radius 1 is 0.870 bits per heavy atom. The van der Waals surface area contributed by atoms with E-state index >= 15 is 0 Å². The van der Waals surface area contributed by atoms with Crippen LogP contribution in [0.2, 0.25) is 0 Å². The third-order valence-corrected chi connectivity index (χ3v) is 4.14. The Bertz CT molecular complexity index is 888. The van der Waals surface area contributed by atoms with Crippen molar-refractivity contribution in [2.75, 3.05) is 20.0 Å². The van der Waals surface area contributed by atoms with Gasteiger partial charge in [0.1, 0.15) is 0 Å². The smallest absolute Gasteiger partial charge is 0.162 e. The molecule has 23 heavy (non-hydrogen) atoms. The molecule has 3 rings (SSSR count). The van der Waals surface area contributed by atoms with Crippen molar-refractivity contribution in [2.45, 2.75) is 13.8 Å². The highest BCUT2D eigenvalue weighted by molar-refractivity contribution is 5.86. The zero-order valence-electron chi connectivity index (χ0n) is 13.8. The van der Waals surface area contributed by atoms with Crippen LogP contribution in [0.5, 0.6) is 11.5 Å². The number of aryl methyl sites for hydroxylation is 2. The lowest BCUT2D eigenvalue weighted by Crippen LogP contribution is -1.97. The predicted octanol–water partition coefficient (Wildman–Crippen LogP) is 4.12. The molecule has 0 aliphatic rings. The summed E-state index contributed by atoms with van der Waals surface area (Å²) < 4.78 is 10.6. The molecular formula is C19H20N2O2. The van der Waals surface area contributed by atoms with E-state index < -0.39 is 0 Å². The van der Waals surface area contributed by atoms with Crippen LogP contribution in [0.15, 0.2) is 36.4 Å². The van der Waals surface area contributed by atoms with E-state index in [1.54, 1.807) is 20.3 Å². The molecule has 0 atom stereocenters. The summed E-state index contributed by atoms with van der Waals surface area (Å²) in [6.45, 7) is 4.20. The van der Waals surface area contributed by atoms with Gasteiger partial charge in [-0.05, 0) is 49.2 Å². The maximum absolute atomic E-state index is 6.18. The quantitative estimate of drug-likeness (QED) is 0.740. The first-order valence-corrected chi connectivity index (χ1v) is 7.43. The van der Waals surface area contributed by atoms with E-state index in [9.17, 15) is 0 Å². The van der Waals surface area contributed by atoms with Gasteiger partial charge in [-0.25, -0.2) is 4.98 Å². The number of anilines is 1. The van der Waals surface area contributed by atoms with Gasteiger partial charge >= 0.3 is 0 Å². The molecule has 2 aromatic carbocycles. The zero-order valence-corrected chi connectivity index (χ0v) is 13.8. The molecule has 0 unspecified atom stereocenters. The predicted molar refractivity (Wildman–Crippen MR) is 94.2 cm³/mol. The lowest BCUT2D eigenvalue weighted by molar-refractivity contribution is 0.355. The molecule has 0 aliphatic carbocycles. The fraction of sp³-hybridized carbons (Fsp3) is 0.211. The van der Waals surface area contributed by atoms with E-state index in [1.807, 2.05) is 12.1 Å². The second kappa shape index (κ2) is 5.80. The molecule has 0 amide bonds. The highest BCUT2D eigenvalue weighted by Crippen LogP contribution is 2.37. The van der Waals surface area contributed by atoms with Crippen molar-refractivity contribution in [3.05, 3.63) is 47.5 Å². The van der Waals surface area contributed by atoms with Gasteiger partial charge in [-0.3, -0.25) is 0 Å². The molecule has 0 aliphatic heterocycles. The van der Waals surface area contributed by atoms with Gasteiger partial charge in [-0.1, -0.05) is 6.07 Å². The number of hydrogen-bond acceptors (Lipinski definition) is 4. The van der Waals surface area contributed by atoms with Crippen molar-refractivity contribution in [1.29, 1.82) is 0 Å². The number of nitrogens with zero attached hydrogens (tertiary/aromatic N) is 1. The van der Waals surface area contributed by atoms with Crippen LogP contribution < -0.4 is 15.2 Å². The molecular weight excluding hydrogens is 288 g/mol. The standard InChI is InChI=1S/C19H20N2O2/c1-11-7-13-5-6-16(21-17(13)8-12(11)2)14-9-18(22-3)19(23-4)10-15(14)20/h5-10H,20H2,1-4H3. The first-order valence-electron chi connectivity index (χ1n) is 7.43. The number of aromatic nitrogens is 1. The van der Waals surface area contributed by atoms with Crippen LogP contribution in [0.1, 0.15) is 11.1 Å². The molecule has 4 nitrogen and oxygen atoms in total. The molecule has 1 aromatic heterocycles. The van der Waals surface area contributed by atoms with E-state index in [0.29, 0.717) is 17.2 Å². The van der Waals surface area contributed by atoms with Gasteiger partial charge in [0.25, 0.3) is 0 Å². The third-order valence-electron chi connectivity index (χ3n) is 4.14. The SMILES string of the molecule is COc1cc(N)c(-c2ccc3cc(C)c(C)cc3n2)cc1OC. The number of rotatable bonds is 3. The van der Waals surface area contributed by atoms with Crippen molar-refractivity contribution >= 4 is 16.6 Å². The van der Waals surface area contributed by atoms with Crippen molar-refractivity contribution in [3.8, 4) is 22.8 Å². The van der Waals surface area contributed by atoms with Gasteiger partial charge in [-0.15, -0.1) is 0 Å². The summed E-state index contributed by atoms with van der Waals surface area (Å²) in [5.41, 5.74) is 11.9. The molecule has 3 aromatic rings. The molecule has 0 radical (unpaired) electrons. The molecule has 0 spiro atoms. The number of ether oxygens (including phenoxy) is 2. The van der Waals surface area contributed by atoms with Crippen LogP contribution in [0.3, 0.4) is 0 Å². The summed E-state index contributed by atoms with van der Waals surface area (Å²) >= 11 is 0. The van der Waals surface area contributed by atoms with E-state index in [1.165, 1.54) is 11.1 Å². The highest BCUT2D eigenvalue weighted by atomic mass is 16.5. The van der Waals surface area contributed by atoms with Crippen LogP contribution in [0.4, 0.5) is 5.69 Å². The summed E-state index contributed by atoms with van der Waals surface area (Å²) in [6, 6.07) is 11.9. The van der Waals surface area contributed by atoms with E-state index in [2.05, 4.69) is 32.0 Å². The molecule has 0 bridgehead atoms. The number of methoxy groups -OCH3 is 2. The lowest BCUT2D eigenvalue weighted by atomic mass is 10.0. The summed E-state index contributed by atoms with van der Waals surface area (Å²) in [7, 11) is 3.20. The summed E-state index contributed by atoms with van der Waals surface area (Å²) in [5, 5.41) is 1.12. The van der Waals surface area contributed by atoms with Crippen LogP contribution in [-0.2, 0) is 0 Å². The molecule has 0 saturated carbocycles. The zero-order chi connectivity index (χ0) is 16.6. The van der Waals surface area contributed by atoms with E-state index in [4.69, 9.17) is 20.2 Å². The number of nitrogen functional groups attached to an aromatic ring is 1. The minimum atomic E-state index is 0.610. The minimum absolute atomic E-state index is 0.610. The van der Waals surface area contributed by atoms with E-state index in [-0.39, 0.29) is 0 Å². The molecule has 0 fully saturated rings. The minimum Gasteiger partial charge on any atom is -0.493 e. The average Bonchev–Trinajstić information content (AvgIpc) is 2.55. The third kappa shape index (κ3) is 2.68. The Morgan fingerprint density at radius 2 is 1.52 bits per heavy atom. The fourth-order valence-electron chi connectivity index (χ4n) is 2.66. The van der Waals surface area contributed by atoms with Gasteiger partial charge in [0.15, 0.2) is 11.5 Å². The lowest BCUT2D eigenvalue weighted by Gasteiger charge is -2.13. The van der Waals surface area contributed by atoms with Gasteiger partial charge in [0.05, 0.1) is 25.4 Å². The van der Waals surface area contributed by atoms with Gasteiger partial charge < -0.3 is 15.2 Å². The Kier molecular flexibility index (Phi) is 3.82. The highest BCUT2D eigenvalue weighted by Gasteiger charge is 2.12. The second-order valence-electron chi connectivity index (χ2n) is 5.62. The van der Waals surface area contributed by atoms with Crippen molar-refractivity contribution < 1.29 is 9.47 Å². The maximum atomic E-state index is 6.18. The van der Waals surface area contributed by atoms with E-state index in [0.717, 1.165) is 22.2 Å². The maximum Gasteiger partial charge on any atom is 0.162 e.